The minimum atomic E-state index is -0.311. The maximum atomic E-state index is 6.57. The van der Waals surface area contributed by atoms with Gasteiger partial charge in [-0.15, -0.1) is 0 Å². The first-order chi connectivity index (χ1) is 9.40. The molecule has 0 saturated heterocycles. The Bertz CT molecular complexity index is 502. The molecular formula is C17H25NO2. The zero-order valence-corrected chi connectivity index (χ0v) is 12.7. The summed E-state index contributed by atoms with van der Waals surface area (Å²) in [4.78, 5) is 0. The van der Waals surface area contributed by atoms with Gasteiger partial charge in [-0.2, -0.15) is 0 Å². The fourth-order valence-electron chi connectivity index (χ4n) is 3.74. The van der Waals surface area contributed by atoms with Crippen molar-refractivity contribution >= 4 is 0 Å². The number of fused-ring (bicyclic) bond motifs is 1. The molecule has 110 valence electrons. The second kappa shape index (κ2) is 4.66. The molecule has 1 saturated carbocycles. The number of hydrogen-bond donors (Lipinski definition) is 1. The van der Waals surface area contributed by atoms with Crippen molar-refractivity contribution in [3.63, 3.8) is 0 Å². The molecule has 20 heavy (non-hydrogen) atoms. The van der Waals surface area contributed by atoms with Crippen LogP contribution in [-0.4, -0.2) is 11.7 Å². The summed E-state index contributed by atoms with van der Waals surface area (Å²) in [5, 5.41) is 0. The van der Waals surface area contributed by atoms with Crippen LogP contribution in [0.3, 0.4) is 0 Å². The van der Waals surface area contributed by atoms with Crippen molar-refractivity contribution < 1.29 is 9.47 Å². The summed E-state index contributed by atoms with van der Waals surface area (Å²) in [6, 6.07) is 6.08. The van der Waals surface area contributed by atoms with Crippen molar-refractivity contribution in [1.29, 1.82) is 0 Å². The van der Waals surface area contributed by atoms with E-state index in [0.29, 0.717) is 0 Å². The van der Waals surface area contributed by atoms with Crippen molar-refractivity contribution in [2.75, 3.05) is 0 Å². The Hall–Kier alpha value is -1.22. The molecule has 0 aromatic heterocycles. The van der Waals surface area contributed by atoms with Gasteiger partial charge in [-0.1, -0.05) is 0 Å². The predicted molar refractivity (Wildman–Crippen MR) is 80.2 cm³/mol. The highest BCUT2D eigenvalue weighted by atomic mass is 16.5. The molecule has 0 bridgehead atoms. The lowest BCUT2D eigenvalue weighted by molar-refractivity contribution is 0.0220. The van der Waals surface area contributed by atoms with E-state index in [1.807, 2.05) is 26.0 Å². The third-order valence-electron chi connectivity index (χ3n) is 4.47. The van der Waals surface area contributed by atoms with E-state index in [2.05, 4.69) is 13.0 Å². The standard InChI is InChI=1S/C17H25NO2/c1-12(2)19-13-6-7-14-15(10-13)20-17(8-4-5-9-17)11-16(14,3)18/h6-7,10,12H,4-5,8-9,11,18H2,1-3H3. The van der Waals surface area contributed by atoms with E-state index in [9.17, 15) is 0 Å². The Labute approximate surface area is 121 Å². The molecule has 1 unspecified atom stereocenters. The average Bonchev–Trinajstić information content (AvgIpc) is 2.74. The van der Waals surface area contributed by atoms with Crippen LogP contribution >= 0.6 is 0 Å². The summed E-state index contributed by atoms with van der Waals surface area (Å²) < 4.78 is 12.2. The SMILES string of the molecule is CC(C)Oc1ccc2c(c1)OC1(CCCC1)CC2(C)N. The summed E-state index contributed by atoms with van der Waals surface area (Å²) in [5.74, 6) is 1.78. The third kappa shape index (κ3) is 2.39. The molecule has 1 aliphatic carbocycles. The van der Waals surface area contributed by atoms with Crippen LogP contribution < -0.4 is 15.2 Å². The van der Waals surface area contributed by atoms with Crippen molar-refractivity contribution in [3.8, 4) is 11.5 Å². The zero-order valence-electron chi connectivity index (χ0n) is 12.7. The van der Waals surface area contributed by atoms with Crippen LogP contribution in [0.25, 0.3) is 0 Å². The van der Waals surface area contributed by atoms with Crippen LogP contribution in [0.4, 0.5) is 0 Å². The fourth-order valence-corrected chi connectivity index (χ4v) is 3.74. The Kier molecular flexibility index (Phi) is 3.20. The Morgan fingerprint density at radius 1 is 1.25 bits per heavy atom. The zero-order chi connectivity index (χ0) is 14.4. The van der Waals surface area contributed by atoms with Gasteiger partial charge in [0, 0.05) is 23.6 Å². The van der Waals surface area contributed by atoms with Crippen LogP contribution in [0.5, 0.6) is 11.5 Å². The number of benzene rings is 1. The smallest absolute Gasteiger partial charge is 0.128 e. The molecule has 3 nitrogen and oxygen atoms in total. The van der Waals surface area contributed by atoms with E-state index in [0.717, 1.165) is 36.3 Å². The molecule has 1 aliphatic heterocycles. The Morgan fingerprint density at radius 3 is 2.60 bits per heavy atom. The van der Waals surface area contributed by atoms with Gasteiger partial charge in [0.1, 0.15) is 17.1 Å². The van der Waals surface area contributed by atoms with E-state index in [4.69, 9.17) is 15.2 Å². The lowest BCUT2D eigenvalue weighted by atomic mass is 9.77. The minimum Gasteiger partial charge on any atom is -0.491 e. The van der Waals surface area contributed by atoms with E-state index >= 15 is 0 Å². The number of nitrogens with two attached hydrogens (primary N) is 1. The number of rotatable bonds is 2. The largest absolute Gasteiger partial charge is 0.491 e. The number of hydrogen-bond acceptors (Lipinski definition) is 3. The molecular weight excluding hydrogens is 250 g/mol. The predicted octanol–water partition coefficient (Wildman–Crippen LogP) is 3.74. The molecule has 1 spiro atoms. The van der Waals surface area contributed by atoms with Gasteiger partial charge in [-0.05, 0) is 58.6 Å². The van der Waals surface area contributed by atoms with Crippen molar-refractivity contribution in [3.05, 3.63) is 23.8 Å². The summed E-state index contributed by atoms with van der Waals surface area (Å²) in [6.07, 6.45) is 5.81. The second-order valence-electron chi connectivity index (χ2n) is 6.91. The van der Waals surface area contributed by atoms with Crippen molar-refractivity contribution in [1.82, 2.24) is 0 Å². The molecule has 1 heterocycles. The lowest BCUT2D eigenvalue weighted by Crippen LogP contribution is -2.49. The average molecular weight is 275 g/mol. The molecule has 0 amide bonds. The molecule has 2 aliphatic rings. The van der Waals surface area contributed by atoms with Gasteiger partial charge < -0.3 is 15.2 Å². The van der Waals surface area contributed by atoms with Crippen molar-refractivity contribution in [2.24, 2.45) is 5.73 Å². The molecule has 3 rings (SSSR count). The van der Waals surface area contributed by atoms with Crippen LogP contribution in [0.2, 0.25) is 0 Å². The summed E-state index contributed by atoms with van der Waals surface area (Å²) in [6.45, 7) is 6.19. The van der Waals surface area contributed by atoms with Crippen molar-refractivity contribution in [2.45, 2.75) is 70.1 Å². The minimum absolute atomic E-state index is 0.0487. The topological polar surface area (TPSA) is 44.5 Å². The van der Waals surface area contributed by atoms with Gasteiger partial charge in [0.2, 0.25) is 0 Å². The summed E-state index contributed by atoms with van der Waals surface area (Å²) in [7, 11) is 0. The van der Waals surface area contributed by atoms with E-state index in [1.165, 1.54) is 12.8 Å². The molecule has 3 heteroatoms. The van der Waals surface area contributed by atoms with Crippen LogP contribution in [0, 0.1) is 0 Å². The first-order valence-electron chi connectivity index (χ1n) is 7.69. The second-order valence-corrected chi connectivity index (χ2v) is 6.91. The van der Waals surface area contributed by atoms with Gasteiger partial charge in [-0.3, -0.25) is 0 Å². The molecule has 2 N–H and O–H groups in total. The Morgan fingerprint density at radius 2 is 1.95 bits per heavy atom. The molecule has 1 atom stereocenters. The highest BCUT2D eigenvalue weighted by Gasteiger charge is 2.46. The van der Waals surface area contributed by atoms with Gasteiger partial charge in [0.25, 0.3) is 0 Å². The lowest BCUT2D eigenvalue weighted by Gasteiger charge is -2.44. The highest BCUT2D eigenvalue weighted by molar-refractivity contribution is 5.46. The Balaban J connectivity index is 1.97. The van der Waals surface area contributed by atoms with Crippen LogP contribution in [0.1, 0.15) is 58.4 Å². The maximum absolute atomic E-state index is 6.57. The quantitative estimate of drug-likeness (QED) is 0.894. The summed E-state index contributed by atoms with van der Waals surface area (Å²) in [5.41, 5.74) is 7.32. The van der Waals surface area contributed by atoms with E-state index < -0.39 is 0 Å². The van der Waals surface area contributed by atoms with E-state index in [-0.39, 0.29) is 17.2 Å². The monoisotopic (exact) mass is 275 g/mol. The van der Waals surface area contributed by atoms with Crippen LogP contribution in [-0.2, 0) is 5.54 Å². The molecule has 1 aromatic rings. The summed E-state index contributed by atoms with van der Waals surface area (Å²) >= 11 is 0. The van der Waals surface area contributed by atoms with Gasteiger partial charge >= 0.3 is 0 Å². The van der Waals surface area contributed by atoms with Gasteiger partial charge in [0.15, 0.2) is 0 Å². The van der Waals surface area contributed by atoms with Crippen LogP contribution in [0.15, 0.2) is 18.2 Å². The molecule has 0 radical (unpaired) electrons. The third-order valence-corrected chi connectivity index (χ3v) is 4.47. The normalized spacial score (nSPS) is 27.4. The molecule has 1 fully saturated rings. The first-order valence-corrected chi connectivity index (χ1v) is 7.69. The van der Waals surface area contributed by atoms with E-state index in [1.54, 1.807) is 0 Å². The maximum Gasteiger partial charge on any atom is 0.128 e. The first kappa shape index (κ1) is 13.7. The van der Waals surface area contributed by atoms with Gasteiger partial charge in [0.05, 0.1) is 6.10 Å². The highest BCUT2D eigenvalue weighted by Crippen LogP contribution is 2.49. The molecule has 1 aromatic carbocycles. The fraction of sp³-hybridized carbons (Fsp3) is 0.647. The number of ether oxygens (including phenoxy) is 2. The van der Waals surface area contributed by atoms with Gasteiger partial charge in [-0.25, -0.2) is 0 Å².